The third kappa shape index (κ3) is 3.39. The van der Waals surface area contributed by atoms with Crippen molar-refractivity contribution in [3.63, 3.8) is 0 Å². The predicted molar refractivity (Wildman–Crippen MR) is 83.3 cm³/mol. The van der Waals surface area contributed by atoms with Crippen LogP contribution in [0, 0.1) is 5.92 Å². The fraction of sp³-hybridized carbons (Fsp3) is 0.500. The van der Waals surface area contributed by atoms with Crippen LogP contribution in [0.1, 0.15) is 24.4 Å². The highest BCUT2D eigenvalue weighted by Gasteiger charge is 2.38. The van der Waals surface area contributed by atoms with Gasteiger partial charge < -0.3 is 20.7 Å². The number of rotatable bonds is 5. The molecule has 0 spiro atoms. The van der Waals surface area contributed by atoms with Gasteiger partial charge in [-0.1, -0.05) is 12.1 Å². The Bertz CT molecular complexity index is 530. The van der Waals surface area contributed by atoms with Crippen LogP contribution in [0.2, 0.25) is 0 Å². The number of nitrogens with zero attached hydrogens (tertiary/aromatic N) is 1. The van der Waals surface area contributed by atoms with Crippen molar-refractivity contribution in [2.45, 2.75) is 18.9 Å². The largest absolute Gasteiger partial charge is 0.497 e. The molecule has 120 valence electrons. The molecule has 22 heavy (non-hydrogen) atoms. The Labute approximate surface area is 130 Å². The molecule has 1 aromatic carbocycles. The van der Waals surface area contributed by atoms with Crippen molar-refractivity contribution in [2.24, 2.45) is 11.7 Å². The molecule has 0 aromatic heterocycles. The van der Waals surface area contributed by atoms with Gasteiger partial charge in [0.05, 0.1) is 19.1 Å². The minimum atomic E-state index is -0.261. The summed E-state index contributed by atoms with van der Waals surface area (Å²) in [5.74, 6) is 0.495. The molecule has 0 bridgehead atoms. The van der Waals surface area contributed by atoms with E-state index in [4.69, 9.17) is 10.5 Å². The van der Waals surface area contributed by atoms with E-state index < -0.39 is 0 Å². The summed E-state index contributed by atoms with van der Waals surface area (Å²) in [6, 6.07) is 7.24. The minimum absolute atomic E-state index is 0.0504. The number of carbonyl (C=O) groups is 2. The van der Waals surface area contributed by atoms with Gasteiger partial charge in [-0.25, -0.2) is 0 Å². The number of amides is 2. The molecule has 2 atom stereocenters. The summed E-state index contributed by atoms with van der Waals surface area (Å²) < 4.78 is 5.16. The van der Waals surface area contributed by atoms with Gasteiger partial charge in [-0.15, -0.1) is 0 Å². The monoisotopic (exact) mass is 305 g/mol. The molecule has 0 radical (unpaired) electrons. The van der Waals surface area contributed by atoms with Crippen molar-refractivity contribution in [3.8, 4) is 5.75 Å². The van der Waals surface area contributed by atoms with Crippen molar-refractivity contribution in [1.29, 1.82) is 0 Å². The Balaban J connectivity index is 2.26. The zero-order valence-electron chi connectivity index (χ0n) is 13.0. The van der Waals surface area contributed by atoms with E-state index in [2.05, 4.69) is 5.32 Å². The zero-order chi connectivity index (χ0) is 16.1. The summed E-state index contributed by atoms with van der Waals surface area (Å²) in [4.78, 5) is 26.1. The number of benzene rings is 1. The quantitative estimate of drug-likeness (QED) is 0.838. The first kappa shape index (κ1) is 16.3. The minimum Gasteiger partial charge on any atom is -0.497 e. The molecule has 0 saturated carbocycles. The number of methoxy groups -OCH3 is 1. The first-order valence-electron chi connectivity index (χ1n) is 7.46. The van der Waals surface area contributed by atoms with Gasteiger partial charge in [0.25, 0.3) is 0 Å². The van der Waals surface area contributed by atoms with E-state index in [1.54, 1.807) is 19.1 Å². The second-order valence-corrected chi connectivity index (χ2v) is 5.45. The number of nitrogens with one attached hydrogen (secondary N) is 1. The molecule has 0 aliphatic carbocycles. The molecular weight excluding hydrogens is 282 g/mol. The number of piperidine rings is 1. The van der Waals surface area contributed by atoms with Crippen molar-refractivity contribution in [2.75, 3.05) is 27.2 Å². The van der Waals surface area contributed by atoms with Crippen molar-refractivity contribution in [1.82, 2.24) is 10.2 Å². The van der Waals surface area contributed by atoms with Gasteiger partial charge in [-0.2, -0.15) is 0 Å². The van der Waals surface area contributed by atoms with E-state index in [0.717, 1.165) is 11.3 Å². The van der Waals surface area contributed by atoms with Crippen molar-refractivity contribution < 1.29 is 14.3 Å². The van der Waals surface area contributed by atoms with E-state index >= 15 is 0 Å². The van der Waals surface area contributed by atoms with Crippen LogP contribution in [-0.4, -0.2) is 44.0 Å². The number of hydrogen-bond acceptors (Lipinski definition) is 4. The van der Waals surface area contributed by atoms with Crippen LogP contribution in [-0.2, 0) is 9.59 Å². The molecule has 1 fully saturated rings. The van der Waals surface area contributed by atoms with Crippen LogP contribution in [0.15, 0.2) is 24.3 Å². The lowest BCUT2D eigenvalue weighted by atomic mass is 9.84. The number of ether oxygens (including phenoxy) is 1. The number of carbonyl (C=O) groups excluding carboxylic acids is 2. The summed E-state index contributed by atoms with van der Waals surface area (Å²) in [7, 11) is 3.36. The molecular formula is C16H23N3O3. The molecule has 3 N–H and O–H groups in total. The molecule has 2 rings (SSSR count). The number of nitrogens with two attached hydrogens (primary N) is 1. The second kappa shape index (κ2) is 7.26. The molecule has 1 aliphatic rings. The molecule has 2 amide bonds. The molecule has 1 saturated heterocycles. The molecule has 1 heterocycles. The van der Waals surface area contributed by atoms with E-state index in [0.29, 0.717) is 25.9 Å². The van der Waals surface area contributed by atoms with Gasteiger partial charge in [0, 0.05) is 26.6 Å². The SMILES string of the molecule is COc1ccc(C2C(C(=O)NCCN)CCC(=O)N2C)cc1. The highest BCUT2D eigenvalue weighted by Crippen LogP contribution is 2.36. The average molecular weight is 305 g/mol. The van der Waals surface area contributed by atoms with Crippen LogP contribution in [0.3, 0.4) is 0 Å². The lowest BCUT2D eigenvalue weighted by Gasteiger charge is -2.38. The van der Waals surface area contributed by atoms with Gasteiger partial charge in [0.15, 0.2) is 0 Å². The molecule has 6 nitrogen and oxygen atoms in total. The maximum atomic E-state index is 12.4. The van der Waals surface area contributed by atoms with Crippen LogP contribution in [0.25, 0.3) is 0 Å². The maximum Gasteiger partial charge on any atom is 0.225 e. The number of likely N-dealkylation sites (tertiary alicyclic amines) is 1. The van der Waals surface area contributed by atoms with Gasteiger partial charge >= 0.3 is 0 Å². The summed E-state index contributed by atoms with van der Waals surface area (Å²) in [5.41, 5.74) is 6.37. The lowest BCUT2D eigenvalue weighted by Crippen LogP contribution is -2.47. The fourth-order valence-corrected chi connectivity index (χ4v) is 2.90. The lowest BCUT2D eigenvalue weighted by molar-refractivity contribution is -0.141. The van der Waals surface area contributed by atoms with E-state index in [-0.39, 0.29) is 23.8 Å². The third-order valence-electron chi connectivity index (χ3n) is 4.10. The van der Waals surface area contributed by atoms with Crippen LogP contribution >= 0.6 is 0 Å². The standard InChI is InChI=1S/C16H23N3O3/c1-19-14(20)8-7-13(16(21)18-10-9-17)15(19)11-3-5-12(22-2)6-4-11/h3-6,13,15H,7-10,17H2,1-2H3,(H,18,21). The molecule has 1 aliphatic heterocycles. The van der Waals surface area contributed by atoms with E-state index in [1.165, 1.54) is 0 Å². The topological polar surface area (TPSA) is 84.7 Å². The Morgan fingerprint density at radius 1 is 1.41 bits per heavy atom. The average Bonchev–Trinajstić information content (AvgIpc) is 2.55. The number of hydrogen-bond donors (Lipinski definition) is 2. The second-order valence-electron chi connectivity index (χ2n) is 5.45. The highest BCUT2D eigenvalue weighted by atomic mass is 16.5. The zero-order valence-corrected chi connectivity index (χ0v) is 13.0. The predicted octanol–water partition coefficient (Wildman–Crippen LogP) is 0.680. The van der Waals surface area contributed by atoms with E-state index in [9.17, 15) is 9.59 Å². The first-order chi connectivity index (χ1) is 10.6. The van der Waals surface area contributed by atoms with Crippen LogP contribution in [0.4, 0.5) is 0 Å². The van der Waals surface area contributed by atoms with Crippen molar-refractivity contribution >= 4 is 11.8 Å². The van der Waals surface area contributed by atoms with Gasteiger partial charge in [-0.05, 0) is 24.1 Å². The normalized spacial score (nSPS) is 21.6. The van der Waals surface area contributed by atoms with Crippen LogP contribution < -0.4 is 15.8 Å². The Hall–Kier alpha value is -2.08. The van der Waals surface area contributed by atoms with Gasteiger partial charge in [0.1, 0.15) is 5.75 Å². The van der Waals surface area contributed by atoms with Crippen molar-refractivity contribution in [3.05, 3.63) is 29.8 Å². The fourth-order valence-electron chi connectivity index (χ4n) is 2.90. The van der Waals surface area contributed by atoms with Crippen LogP contribution in [0.5, 0.6) is 5.75 Å². The first-order valence-corrected chi connectivity index (χ1v) is 7.46. The molecule has 2 unspecified atom stereocenters. The summed E-state index contributed by atoms with van der Waals surface area (Å²) >= 11 is 0. The highest BCUT2D eigenvalue weighted by molar-refractivity contribution is 5.84. The molecule has 6 heteroatoms. The Morgan fingerprint density at radius 3 is 2.68 bits per heavy atom. The smallest absolute Gasteiger partial charge is 0.225 e. The summed E-state index contributed by atoms with van der Waals surface area (Å²) in [6.07, 6.45) is 0.945. The van der Waals surface area contributed by atoms with Gasteiger partial charge in [0.2, 0.25) is 11.8 Å². The Morgan fingerprint density at radius 2 is 2.09 bits per heavy atom. The summed E-state index contributed by atoms with van der Waals surface area (Å²) in [6.45, 7) is 0.850. The maximum absolute atomic E-state index is 12.4. The van der Waals surface area contributed by atoms with Gasteiger partial charge in [-0.3, -0.25) is 9.59 Å². The third-order valence-corrected chi connectivity index (χ3v) is 4.10. The molecule has 1 aromatic rings. The van der Waals surface area contributed by atoms with E-state index in [1.807, 2.05) is 24.3 Å². The Kier molecular flexibility index (Phi) is 5.38. The summed E-state index contributed by atoms with van der Waals surface area (Å²) in [5, 5.41) is 2.83.